The number of amides is 2. The van der Waals surface area contributed by atoms with Crippen LogP contribution in [0, 0.1) is 16.7 Å². The number of hydrogen-bond acceptors (Lipinski definition) is 5. The quantitative estimate of drug-likeness (QED) is 0.366. The molecule has 8 nitrogen and oxygen atoms in total. The number of nitrogens with one attached hydrogen (secondary N) is 3. The predicted molar refractivity (Wildman–Crippen MR) is 148 cm³/mol. The molecule has 0 spiro atoms. The van der Waals surface area contributed by atoms with Gasteiger partial charge in [-0.2, -0.15) is 5.26 Å². The van der Waals surface area contributed by atoms with Crippen molar-refractivity contribution in [2.24, 2.45) is 0 Å². The fourth-order valence-electron chi connectivity index (χ4n) is 5.34. The monoisotopic (exact) mass is 501 g/mol. The molecule has 196 valence electrons. The number of benzene rings is 1. The average molecular weight is 502 g/mol. The first-order chi connectivity index (χ1) is 18.0. The van der Waals surface area contributed by atoms with Crippen LogP contribution in [0.1, 0.15) is 50.3 Å². The summed E-state index contributed by atoms with van der Waals surface area (Å²) in [6.45, 7) is 9.84. The number of likely N-dealkylation sites (tertiary alicyclic amines) is 1. The number of piperazine rings is 1. The molecule has 2 aliphatic heterocycles. The van der Waals surface area contributed by atoms with Crippen molar-refractivity contribution in [1.29, 1.82) is 10.7 Å². The minimum atomic E-state index is -0.122. The van der Waals surface area contributed by atoms with Crippen molar-refractivity contribution in [3.8, 4) is 17.2 Å². The first kappa shape index (κ1) is 26.5. The molecule has 2 aromatic rings. The molecule has 0 saturated carbocycles. The van der Waals surface area contributed by atoms with Gasteiger partial charge < -0.3 is 30.4 Å². The molecule has 8 heteroatoms. The van der Waals surface area contributed by atoms with Gasteiger partial charge in [-0.15, -0.1) is 0 Å². The summed E-state index contributed by atoms with van der Waals surface area (Å²) in [7, 11) is 0. The number of nitrogens with zero attached hydrogens (tertiary/aromatic N) is 4. The van der Waals surface area contributed by atoms with Crippen LogP contribution in [0.2, 0.25) is 0 Å². The molecule has 2 fully saturated rings. The van der Waals surface area contributed by atoms with Gasteiger partial charge in [0, 0.05) is 51.2 Å². The summed E-state index contributed by atoms with van der Waals surface area (Å²) in [4.78, 5) is 22.3. The van der Waals surface area contributed by atoms with Gasteiger partial charge in [-0.1, -0.05) is 24.3 Å². The van der Waals surface area contributed by atoms with E-state index in [1.54, 1.807) is 4.90 Å². The summed E-state index contributed by atoms with van der Waals surface area (Å²) < 4.78 is 0. The molecule has 2 amide bonds. The Morgan fingerprint density at radius 1 is 1.11 bits per heavy atom. The van der Waals surface area contributed by atoms with E-state index in [4.69, 9.17) is 10.7 Å². The van der Waals surface area contributed by atoms with E-state index >= 15 is 0 Å². The first-order valence-corrected chi connectivity index (χ1v) is 13.4. The van der Waals surface area contributed by atoms with E-state index in [-0.39, 0.29) is 6.03 Å². The number of urea groups is 1. The summed E-state index contributed by atoms with van der Waals surface area (Å²) in [5.41, 5.74) is 5.67. The van der Waals surface area contributed by atoms with Crippen LogP contribution in [0.15, 0.2) is 42.6 Å². The number of aromatic amines is 1. The van der Waals surface area contributed by atoms with Crippen LogP contribution in [-0.2, 0) is 0 Å². The molecular formula is C29H39N7O. The van der Waals surface area contributed by atoms with E-state index in [2.05, 4.69) is 64.3 Å². The summed E-state index contributed by atoms with van der Waals surface area (Å²) >= 11 is 0. The lowest BCUT2D eigenvalue weighted by Gasteiger charge is -2.37. The largest absolute Gasteiger partial charge is 0.366 e. The Morgan fingerprint density at radius 2 is 1.78 bits per heavy atom. The minimum Gasteiger partial charge on any atom is -0.366 e. The molecule has 0 aliphatic carbocycles. The van der Waals surface area contributed by atoms with Crippen LogP contribution in [0.4, 0.5) is 4.79 Å². The van der Waals surface area contributed by atoms with Crippen molar-refractivity contribution in [3.63, 3.8) is 0 Å². The number of hydrogen-bond donors (Lipinski definition) is 3. The van der Waals surface area contributed by atoms with Crippen LogP contribution >= 0.6 is 0 Å². The maximum atomic E-state index is 12.3. The van der Waals surface area contributed by atoms with E-state index in [9.17, 15) is 4.79 Å². The number of allylic oxidation sites excluding steroid dienone is 1. The van der Waals surface area contributed by atoms with Gasteiger partial charge in [-0.3, -0.25) is 0 Å². The molecule has 0 radical (unpaired) electrons. The van der Waals surface area contributed by atoms with E-state index < -0.39 is 0 Å². The van der Waals surface area contributed by atoms with E-state index in [0.29, 0.717) is 51.1 Å². The molecule has 2 saturated heterocycles. The molecule has 3 heterocycles. The van der Waals surface area contributed by atoms with Gasteiger partial charge in [0.05, 0.1) is 23.9 Å². The van der Waals surface area contributed by atoms with Gasteiger partial charge in [-0.05, 0) is 74.5 Å². The Labute approximate surface area is 220 Å². The van der Waals surface area contributed by atoms with E-state index in [1.807, 2.05) is 18.3 Å². The summed E-state index contributed by atoms with van der Waals surface area (Å²) in [6.07, 6.45) is 7.91. The fraction of sp³-hybridized carbons (Fsp3) is 0.483. The Morgan fingerprint density at radius 3 is 2.41 bits per heavy atom. The molecule has 0 bridgehead atoms. The maximum Gasteiger partial charge on any atom is 0.317 e. The van der Waals surface area contributed by atoms with Crippen molar-refractivity contribution in [1.82, 2.24) is 25.0 Å². The van der Waals surface area contributed by atoms with Crippen LogP contribution < -0.4 is 5.32 Å². The van der Waals surface area contributed by atoms with Gasteiger partial charge in [0.2, 0.25) is 0 Å². The standard InChI is InChI=1S/C29H39N7O/c1-22(2)34-14-9-25(10-15-34)23-4-6-24(7-5-23)26-20-27(33-21-26)28(8-12-31)35-16-18-36(19-17-35)29(37)32-13-3-11-30/h4-8,12,20-22,25,31,33H,3,9-10,13-19H2,1-2H3,(H,32,37)/b28-8+,31-12?. The smallest absolute Gasteiger partial charge is 0.317 e. The molecule has 37 heavy (non-hydrogen) atoms. The third kappa shape index (κ3) is 6.60. The second-order valence-corrected chi connectivity index (χ2v) is 10.2. The zero-order valence-electron chi connectivity index (χ0n) is 22.0. The molecule has 3 N–H and O–H groups in total. The normalized spacial score (nSPS) is 17.6. The second-order valence-electron chi connectivity index (χ2n) is 10.2. The topological polar surface area (TPSA) is 102 Å². The highest BCUT2D eigenvalue weighted by Gasteiger charge is 2.24. The lowest BCUT2D eigenvalue weighted by molar-refractivity contribution is 0.166. The molecular weight excluding hydrogens is 462 g/mol. The molecule has 2 aliphatic rings. The highest BCUT2D eigenvalue weighted by atomic mass is 16.2. The number of aromatic nitrogens is 1. The zero-order chi connectivity index (χ0) is 26.2. The molecule has 1 aromatic heterocycles. The van der Waals surface area contributed by atoms with Crippen molar-refractivity contribution < 1.29 is 4.79 Å². The lowest BCUT2D eigenvalue weighted by atomic mass is 9.88. The number of piperidine rings is 1. The van der Waals surface area contributed by atoms with E-state index in [0.717, 1.165) is 17.0 Å². The SMILES string of the molecule is CC(C)N1CCC(c2ccc(-c3c[nH]c(/C(=C\C=N)N4CCN(C(=O)NCCC#N)CC4)c3)cc2)CC1. The van der Waals surface area contributed by atoms with Gasteiger partial charge >= 0.3 is 6.03 Å². The Kier molecular flexibility index (Phi) is 9.02. The van der Waals surface area contributed by atoms with Crippen LogP contribution in [0.5, 0.6) is 0 Å². The van der Waals surface area contributed by atoms with Crippen molar-refractivity contribution >= 4 is 17.9 Å². The van der Waals surface area contributed by atoms with Crippen LogP contribution in [-0.4, -0.2) is 83.8 Å². The maximum absolute atomic E-state index is 12.3. The highest BCUT2D eigenvalue weighted by Crippen LogP contribution is 2.31. The lowest BCUT2D eigenvalue weighted by Crippen LogP contribution is -2.51. The molecule has 1 aromatic carbocycles. The average Bonchev–Trinajstić information content (AvgIpc) is 3.42. The minimum absolute atomic E-state index is 0.122. The van der Waals surface area contributed by atoms with E-state index in [1.165, 1.54) is 43.3 Å². The van der Waals surface area contributed by atoms with Crippen molar-refractivity contribution in [2.45, 2.75) is 45.1 Å². The summed E-state index contributed by atoms with van der Waals surface area (Å²) in [5.74, 6) is 0.639. The molecule has 0 unspecified atom stereocenters. The second kappa shape index (κ2) is 12.6. The van der Waals surface area contributed by atoms with Gasteiger partial charge in [-0.25, -0.2) is 4.79 Å². The highest BCUT2D eigenvalue weighted by molar-refractivity contribution is 5.83. The molecule has 0 atom stereocenters. The third-order valence-corrected chi connectivity index (χ3v) is 7.60. The number of carbonyl (C=O) groups is 1. The number of nitriles is 1. The first-order valence-electron chi connectivity index (χ1n) is 13.4. The third-order valence-electron chi connectivity index (χ3n) is 7.60. The zero-order valence-corrected chi connectivity index (χ0v) is 22.0. The van der Waals surface area contributed by atoms with Crippen LogP contribution in [0.25, 0.3) is 16.8 Å². The van der Waals surface area contributed by atoms with Crippen molar-refractivity contribution in [3.05, 3.63) is 53.9 Å². The van der Waals surface area contributed by atoms with Crippen LogP contribution in [0.3, 0.4) is 0 Å². The number of rotatable bonds is 8. The fourth-order valence-corrected chi connectivity index (χ4v) is 5.34. The Bertz CT molecular complexity index is 1110. The predicted octanol–water partition coefficient (Wildman–Crippen LogP) is 4.50. The van der Waals surface area contributed by atoms with Gasteiger partial charge in [0.1, 0.15) is 0 Å². The summed E-state index contributed by atoms with van der Waals surface area (Å²) in [6, 6.07) is 13.7. The summed E-state index contributed by atoms with van der Waals surface area (Å²) in [5, 5.41) is 19.1. The van der Waals surface area contributed by atoms with Crippen molar-refractivity contribution in [2.75, 3.05) is 45.8 Å². The van der Waals surface area contributed by atoms with Gasteiger partial charge in [0.15, 0.2) is 0 Å². The molecule has 4 rings (SSSR count). The van der Waals surface area contributed by atoms with Gasteiger partial charge in [0.25, 0.3) is 0 Å². The number of carbonyl (C=O) groups excluding carboxylic acids is 1. The Balaban J connectivity index is 1.37. The number of H-pyrrole nitrogens is 1. The Hall–Kier alpha value is -3.57.